The van der Waals surface area contributed by atoms with Crippen molar-refractivity contribution in [3.8, 4) is 0 Å². The molecule has 0 unspecified atom stereocenters. The Labute approximate surface area is 181 Å². The van der Waals surface area contributed by atoms with Crippen molar-refractivity contribution in [2.45, 2.75) is 53.6 Å². The first-order chi connectivity index (χ1) is 14.3. The predicted molar refractivity (Wildman–Crippen MR) is 123 cm³/mol. The molecule has 1 aliphatic rings. The summed E-state index contributed by atoms with van der Waals surface area (Å²) in [7, 11) is 2.17. The summed E-state index contributed by atoms with van der Waals surface area (Å²) < 4.78 is 2.08. The molecule has 1 aliphatic heterocycles. The molecule has 2 aromatic rings. The zero-order valence-corrected chi connectivity index (χ0v) is 19.2. The molecule has 0 spiro atoms. The lowest BCUT2D eigenvalue weighted by Crippen LogP contribution is -2.43. The molecule has 0 aliphatic carbocycles. The molecule has 164 valence electrons. The van der Waals surface area contributed by atoms with Crippen molar-refractivity contribution in [3.63, 3.8) is 0 Å². The summed E-state index contributed by atoms with van der Waals surface area (Å²) in [5, 5.41) is 7.74. The number of carbonyl (C=O) groups excluding carboxylic acids is 1. The van der Waals surface area contributed by atoms with E-state index in [1.54, 1.807) is 0 Å². The third kappa shape index (κ3) is 6.16. The molecule has 6 nitrogen and oxygen atoms in total. The standard InChI is InChI=1S/C24H37N5O/c1-18(2)16-29-20(4)23(19(3)26-29)9-10-24(30)25-22-8-6-7-21(15-22)17-28-13-11-27(5)12-14-28/h6-8,15,18H,9-14,16-17H2,1-5H3,(H,25,30). The molecule has 3 rings (SSSR count). The quantitative estimate of drug-likeness (QED) is 0.723. The Hall–Kier alpha value is -2.18. The van der Waals surface area contributed by atoms with Crippen molar-refractivity contribution in [1.82, 2.24) is 19.6 Å². The second-order valence-corrected chi connectivity index (χ2v) is 9.05. The number of benzene rings is 1. The molecule has 30 heavy (non-hydrogen) atoms. The molecular formula is C24H37N5O. The minimum Gasteiger partial charge on any atom is -0.326 e. The van der Waals surface area contributed by atoms with Crippen LogP contribution in [0.4, 0.5) is 5.69 Å². The topological polar surface area (TPSA) is 53.4 Å². The second kappa shape index (κ2) is 10.2. The third-order valence-corrected chi connectivity index (χ3v) is 5.88. The Morgan fingerprint density at radius 3 is 2.60 bits per heavy atom. The molecule has 0 bridgehead atoms. The van der Waals surface area contributed by atoms with Gasteiger partial charge in [-0.25, -0.2) is 0 Å². The maximum absolute atomic E-state index is 12.6. The van der Waals surface area contributed by atoms with Gasteiger partial charge in [-0.3, -0.25) is 14.4 Å². The summed E-state index contributed by atoms with van der Waals surface area (Å²) in [6.45, 7) is 14.8. The Bertz CT molecular complexity index is 849. The van der Waals surface area contributed by atoms with E-state index in [4.69, 9.17) is 0 Å². The highest BCUT2D eigenvalue weighted by molar-refractivity contribution is 5.90. The molecule has 1 aromatic heterocycles. The van der Waals surface area contributed by atoms with Crippen LogP contribution in [0.25, 0.3) is 0 Å². The van der Waals surface area contributed by atoms with E-state index in [0.717, 1.165) is 57.1 Å². The molecule has 1 amide bonds. The van der Waals surface area contributed by atoms with Crippen LogP contribution in [0.2, 0.25) is 0 Å². The molecular weight excluding hydrogens is 374 g/mol. The zero-order chi connectivity index (χ0) is 21.7. The van der Waals surface area contributed by atoms with E-state index in [1.165, 1.54) is 16.8 Å². The molecule has 1 N–H and O–H groups in total. The largest absolute Gasteiger partial charge is 0.326 e. The van der Waals surface area contributed by atoms with E-state index in [1.807, 2.05) is 19.1 Å². The molecule has 0 atom stereocenters. The zero-order valence-electron chi connectivity index (χ0n) is 19.2. The number of rotatable bonds is 8. The number of anilines is 1. The molecule has 1 aromatic carbocycles. The Morgan fingerprint density at radius 2 is 1.90 bits per heavy atom. The van der Waals surface area contributed by atoms with Crippen LogP contribution in [0.5, 0.6) is 0 Å². The number of hydrogen-bond donors (Lipinski definition) is 1. The fraction of sp³-hybridized carbons (Fsp3) is 0.583. The first-order valence-electron chi connectivity index (χ1n) is 11.1. The van der Waals surface area contributed by atoms with E-state index in [9.17, 15) is 4.79 Å². The van der Waals surface area contributed by atoms with Crippen molar-refractivity contribution >= 4 is 11.6 Å². The van der Waals surface area contributed by atoms with Gasteiger partial charge in [0.2, 0.25) is 5.91 Å². The van der Waals surface area contributed by atoms with Crippen LogP contribution < -0.4 is 5.32 Å². The van der Waals surface area contributed by atoms with Crippen LogP contribution in [0.15, 0.2) is 24.3 Å². The molecule has 6 heteroatoms. The van der Waals surface area contributed by atoms with Crippen LogP contribution in [0.1, 0.15) is 42.8 Å². The minimum atomic E-state index is 0.0576. The highest BCUT2D eigenvalue weighted by Crippen LogP contribution is 2.18. The van der Waals surface area contributed by atoms with Gasteiger partial charge in [0.25, 0.3) is 0 Å². The van der Waals surface area contributed by atoms with Gasteiger partial charge in [-0.2, -0.15) is 5.10 Å². The lowest BCUT2D eigenvalue weighted by molar-refractivity contribution is -0.116. The Kier molecular flexibility index (Phi) is 7.67. The summed E-state index contributed by atoms with van der Waals surface area (Å²) in [4.78, 5) is 17.4. The van der Waals surface area contributed by atoms with Gasteiger partial charge in [-0.1, -0.05) is 26.0 Å². The summed E-state index contributed by atoms with van der Waals surface area (Å²) in [6, 6.07) is 8.25. The number of nitrogens with one attached hydrogen (secondary N) is 1. The van der Waals surface area contributed by atoms with E-state index in [-0.39, 0.29) is 5.91 Å². The highest BCUT2D eigenvalue weighted by Gasteiger charge is 2.15. The average Bonchev–Trinajstić information content (AvgIpc) is 2.94. The predicted octanol–water partition coefficient (Wildman–Crippen LogP) is 3.47. The summed E-state index contributed by atoms with van der Waals surface area (Å²) in [6.07, 6.45) is 1.19. The summed E-state index contributed by atoms with van der Waals surface area (Å²) in [5.74, 6) is 0.611. The van der Waals surface area contributed by atoms with Crippen LogP contribution in [0, 0.1) is 19.8 Å². The normalized spacial score (nSPS) is 15.7. The summed E-state index contributed by atoms with van der Waals surface area (Å²) in [5.41, 5.74) is 5.56. The first-order valence-corrected chi connectivity index (χ1v) is 11.1. The first kappa shape index (κ1) is 22.5. The van der Waals surface area contributed by atoms with Gasteiger partial charge in [0.1, 0.15) is 0 Å². The monoisotopic (exact) mass is 411 g/mol. The molecule has 1 saturated heterocycles. The number of aryl methyl sites for hydroxylation is 1. The van der Waals surface area contributed by atoms with Crippen molar-refractivity contribution in [3.05, 3.63) is 46.8 Å². The number of carbonyl (C=O) groups is 1. The van der Waals surface area contributed by atoms with Crippen LogP contribution in [-0.4, -0.2) is 58.7 Å². The van der Waals surface area contributed by atoms with E-state index in [0.29, 0.717) is 12.3 Å². The Morgan fingerprint density at radius 1 is 1.17 bits per heavy atom. The Balaban J connectivity index is 1.53. The van der Waals surface area contributed by atoms with Crippen LogP contribution in [-0.2, 0) is 24.3 Å². The molecule has 0 saturated carbocycles. The molecule has 0 radical (unpaired) electrons. The highest BCUT2D eigenvalue weighted by atomic mass is 16.1. The number of likely N-dealkylation sites (N-methyl/N-ethyl adjacent to an activating group) is 1. The van der Waals surface area contributed by atoms with Crippen molar-refractivity contribution in [1.29, 1.82) is 0 Å². The van der Waals surface area contributed by atoms with E-state index in [2.05, 4.69) is 64.8 Å². The molecule has 2 heterocycles. The SMILES string of the molecule is Cc1nn(CC(C)C)c(C)c1CCC(=O)Nc1cccc(CN2CCN(C)CC2)c1. The number of amides is 1. The lowest BCUT2D eigenvalue weighted by atomic mass is 10.1. The van der Waals surface area contributed by atoms with Gasteiger partial charge < -0.3 is 10.2 Å². The second-order valence-electron chi connectivity index (χ2n) is 9.05. The number of aromatic nitrogens is 2. The van der Waals surface area contributed by atoms with Gasteiger partial charge in [0.05, 0.1) is 5.69 Å². The lowest BCUT2D eigenvalue weighted by Gasteiger charge is -2.32. The van der Waals surface area contributed by atoms with Crippen molar-refractivity contribution in [2.75, 3.05) is 38.5 Å². The number of nitrogens with zero attached hydrogens (tertiary/aromatic N) is 4. The van der Waals surface area contributed by atoms with Gasteiger partial charge in [-0.15, -0.1) is 0 Å². The maximum atomic E-state index is 12.6. The third-order valence-electron chi connectivity index (χ3n) is 5.88. The van der Waals surface area contributed by atoms with Crippen LogP contribution in [0.3, 0.4) is 0 Å². The van der Waals surface area contributed by atoms with Crippen molar-refractivity contribution in [2.24, 2.45) is 5.92 Å². The fourth-order valence-electron chi connectivity index (χ4n) is 4.09. The maximum Gasteiger partial charge on any atom is 0.224 e. The smallest absolute Gasteiger partial charge is 0.224 e. The average molecular weight is 412 g/mol. The van der Waals surface area contributed by atoms with Gasteiger partial charge in [0.15, 0.2) is 0 Å². The van der Waals surface area contributed by atoms with Gasteiger partial charge in [-0.05, 0) is 56.5 Å². The number of hydrogen-bond acceptors (Lipinski definition) is 4. The van der Waals surface area contributed by atoms with Crippen LogP contribution >= 0.6 is 0 Å². The van der Waals surface area contributed by atoms with E-state index < -0.39 is 0 Å². The van der Waals surface area contributed by atoms with Gasteiger partial charge >= 0.3 is 0 Å². The van der Waals surface area contributed by atoms with Gasteiger partial charge in [0, 0.05) is 57.1 Å². The number of piperazine rings is 1. The minimum absolute atomic E-state index is 0.0576. The van der Waals surface area contributed by atoms with E-state index >= 15 is 0 Å². The van der Waals surface area contributed by atoms with Crippen molar-refractivity contribution < 1.29 is 4.79 Å². The molecule has 1 fully saturated rings. The summed E-state index contributed by atoms with van der Waals surface area (Å²) >= 11 is 0. The fourth-order valence-corrected chi connectivity index (χ4v) is 4.09.